The third-order valence-electron chi connectivity index (χ3n) is 2.37. The highest BCUT2D eigenvalue weighted by atomic mass is 32.2. The van der Waals surface area contributed by atoms with Gasteiger partial charge in [-0.1, -0.05) is 11.8 Å². The molecule has 2 heterocycles. The molecule has 0 atom stereocenters. The lowest BCUT2D eigenvalue weighted by atomic mass is 10.6. The zero-order valence-corrected chi connectivity index (χ0v) is 12.8. The molecule has 0 fully saturated rings. The zero-order chi connectivity index (χ0) is 14.5. The van der Waals surface area contributed by atoms with Crippen molar-refractivity contribution in [3.05, 3.63) is 33.7 Å². The molecule has 0 spiro atoms. The normalized spacial score (nSPS) is 10.5. The van der Waals surface area contributed by atoms with Gasteiger partial charge in [0.25, 0.3) is 5.56 Å². The predicted octanol–water partition coefficient (Wildman–Crippen LogP) is 1.97. The summed E-state index contributed by atoms with van der Waals surface area (Å²) in [6.45, 7) is 4.20. The number of thiazole rings is 1. The zero-order valence-electron chi connectivity index (χ0n) is 11.1. The lowest BCUT2D eigenvalue weighted by Gasteiger charge is -2.07. The van der Waals surface area contributed by atoms with Crippen LogP contribution < -0.4 is 10.9 Å². The molecule has 0 aromatic carbocycles. The Kier molecular flexibility index (Phi) is 4.91. The maximum Gasteiger partial charge on any atom is 0.273 e. The van der Waals surface area contributed by atoms with E-state index in [0.717, 1.165) is 12.2 Å². The van der Waals surface area contributed by atoms with Crippen LogP contribution in [0.3, 0.4) is 0 Å². The number of aryl methyl sites for hydroxylation is 1. The third-order valence-corrected chi connectivity index (χ3v) is 4.20. The van der Waals surface area contributed by atoms with Crippen LogP contribution in [0, 0.1) is 0 Å². The summed E-state index contributed by atoms with van der Waals surface area (Å²) in [5, 5.41) is 5.79. The molecule has 0 saturated carbocycles. The number of carbonyl (C=O) groups is 1. The Morgan fingerprint density at radius 3 is 3.00 bits per heavy atom. The van der Waals surface area contributed by atoms with E-state index in [-0.39, 0.29) is 11.5 Å². The number of aromatic nitrogens is 3. The number of hydrogen-bond acceptors (Lipinski definition) is 6. The van der Waals surface area contributed by atoms with Crippen LogP contribution in [-0.2, 0) is 17.1 Å². The first-order chi connectivity index (χ1) is 9.58. The second-order valence-corrected chi connectivity index (χ2v) is 5.75. The van der Waals surface area contributed by atoms with Crippen LogP contribution in [0.4, 0.5) is 5.13 Å². The van der Waals surface area contributed by atoms with Crippen LogP contribution in [0.15, 0.2) is 27.6 Å². The molecule has 2 aromatic rings. The Labute approximate surface area is 124 Å². The summed E-state index contributed by atoms with van der Waals surface area (Å²) in [6, 6.07) is 1.45. The van der Waals surface area contributed by atoms with Gasteiger partial charge in [-0.3, -0.25) is 9.59 Å². The fourth-order valence-electron chi connectivity index (χ4n) is 1.49. The number of hydrogen-bond donors (Lipinski definition) is 1. The summed E-state index contributed by atoms with van der Waals surface area (Å²) >= 11 is 2.84. The van der Waals surface area contributed by atoms with Crippen molar-refractivity contribution in [1.29, 1.82) is 0 Å². The molecule has 2 rings (SSSR count). The summed E-state index contributed by atoms with van der Waals surface area (Å²) in [7, 11) is 0. The number of nitrogens with one attached hydrogen (secondary N) is 1. The van der Waals surface area contributed by atoms with Gasteiger partial charge < -0.3 is 9.88 Å². The molecule has 2 aromatic heterocycles. The van der Waals surface area contributed by atoms with Crippen molar-refractivity contribution >= 4 is 34.1 Å². The van der Waals surface area contributed by atoms with Crippen LogP contribution in [0.5, 0.6) is 0 Å². The first-order valence-electron chi connectivity index (χ1n) is 6.00. The van der Waals surface area contributed by atoms with Crippen molar-refractivity contribution < 1.29 is 4.79 Å². The van der Waals surface area contributed by atoms with Crippen molar-refractivity contribution in [3.8, 4) is 0 Å². The van der Waals surface area contributed by atoms with Crippen molar-refractivity contribution in [2.45, 2.75) is 31.3 Å². The van der Waals surface area contributed by atoms with Gasteiger partial charge in [-0.2, -0.15) is 4.98 Å². The third kappa shape index (κ3) is 3.91. The molecule has 0 aliphatic rings. The Morgan fingerprint density at radius 2 is 2.30 bits per heavy atom. The fourth-order valence-corrected chi connectivity index (χ4v) is 3.29. The molecule has 1 amide bonds. The molecule has 0 unspecified atom stereocenters. The SMILES string of the molecule is CCn1ccc(=O)nc1SCc1csc(NC(C)=O)n1. The molecule has 1 N–H and O–H groups in total. The van der Waals surface area contributed by atoms with Crippen molar-refractivity contribution in [3.63, 3.8) is 0 Å². The Balaban J connectivity index is 2.05. The molecule has 8 heteroatoms. The molecule has 0 radical (unpaired) electrons. The highest BCUT2D eigenvalue weighted by molar-refractivity contribution is 7.98. The van der Waals surface area contributed by atoms with Gasteiger partial charge in [-0.15, -0.1) is 11.3 Å². The number of carbonyl (C=O) groups excluding carboxylic acids is 1. The first kappa shape index (κ1) is 14.7. The maximum atomic E-state index is 11.3. The number of amides is 1. The molecule has 6 nitrogen and oxygen atoms in total. The number of thioether (sulfide) groups is 1. The Morgan fingerprint density at radius 1 is 1.50 bits per heavy atom. The minimum absolute atomic E-state index is 0.136. The van der Waals surface area contributed by atoms with Crippen molar-refractivity contribution in [1.82, 2.24) is 14.5 Å². The van der Waals surface area contributed by atoms with Crippen LogP contribution in [0.25, 0.3) is 0 Å². The van der Waals surface area contributed by atoms with Gasteiger partial charge in [0, 0.05) is 36.9 Å². The lowest BCUT2D eigenvalue weighted by Crippen LogP contribution is -2.12. The highest BCUT2D eigenvalue weighted by Crippen LogP contribution is 2.23. The average molecular weight is 310 g/mol. The van der Waals surface area contributed by atoms with Gasteiger partial charge in [0.1, 0.15) is 0 Å². The molecule has 106 valence electrons. The maximum absolute atomic E-state index is 11.3. The summed E-state index contributed by atoms with van der Waals surface area (Å²) < 4.78 is 1.91. The van der Waals surface area contributed by atoms with E-state index >= 15 is 0 Å². The van der Waals surface area contributed by atoms with Gasteiger partial charge in [0.15, 0.2) is 10.3 Å². The van der Waals surface area contributed by atoms with E-state index in [9.17, 15) is 9.59 Å². The Hall–Kier alpha value is -1.67. The summed E-state index contributed by atoms with van der Waals surface area (Å²) in [4.78, 5) is 30.5. The van der Waals surface area contributed by atoms with E-state index in [1.807, 2.05) is 16.9 Å². The summed E-state index contributed by atoms with van der Waals surface area (Å²) in [6.07, 6.45) is 1.74. The van der Waals surface area contributed by atoms with E-state index < -0.39 is 0 Å². The fraction of sp³-hybridized carbons (Fsp3) is 0.333. The van der Waals surface area contributed by atoms with Crippen LogP contribution in [-0.4, -0.2) is 20.4 Å². The second-order valence-electron chi connectivity index (χ2n) is 3.95. The second kappa shape index (κ2) is 6.67. The molecular formula is C12H14N4O2S2. The molecule has 0 aliphatic carbocycles. The van der Waals surface area contributed by atoms with Crippen LogP contribution >= 0.6 is 23.1 Å². The standard InChI is InChI=1S/C12H14N4O2S2/c1-3-16-5-4-10(18)15-12(16)20-7-9-6-19-11(14-9)13-8(2)17/h4-6H,3,7H2,1-2H3,(H,13,14,17). The number of rotatable bonds is 5. The van der Waals surface area contributed by atoms with E-state index in [2.05, 4.69) is 15.3 Å². The molecule has 20 heavy (non-hydrogen) atoms. The van der Waals surface area contributed by atoms with Crippen LogP contribution in [0.1, 0.15) is 19.5 Å². The smallest absolute Gasteiger partial charge is 0.273 e. The molecule has 0 aliphatic heterocycles. The largest absolute Gasteiger partial charge is 0.328 e. The Bertz CT molecular complexity index is 665. The van der Waals surface area contributed by atoms with Crippen LogP contribution in [0.2, 0.25) is 0 Å². The quantitative estimate of drug-likeness (QED) is 0.675. The van der Waals surface area contributed by atoms with Crippen molar-refractivity contribution in [2.75, 3.05) is 5.32 Å². The van der Waals surface area contributed by atoms with Gasteiger partial charge in [-0.25, -0.2) is 4.98 Å². The average Bonchev–Trinajstić information content (AvgIpc) is 2.83. The lowest BCUT2D eigenvalue weighted by molar-refractivity contribution is -0.114. The number of nitrogens with zero attached hydrogens (tertiary/aromatic N) is 3. The predicted molar refractivity (Wildman–Crippen MR) is 80.1 cm³/mol. The topological polar surface area (TPSA) is 76.9 Å². The number of anilines is 1. The van der Waals surface area contributed by atoms with Crippen molar-refractivity contribution in [2.24, 2.45) is 0 Å². The van der Waals surface area contributed by atoms with Gasteiger partial charge >= 0.3 is 0 Å². The minimum Gasteiger partial charge on any atom is -0.328 e. The monoisotopic (exact) mass is 310 g/mol. The summed E-state index contributed by atoms with van der Waals surface area (Å²) in [5.74, 6) is 0.468. The van der Waals surface area contributed by atoms with Gasteiger partial charge in [-0.05, 0) is 6.92 Å². The van der Waals surface area contributed by atoms with Gasteiger partial charge in [0.05, 0.1) is 5.69 Å². The highest BCUT2D eigenvalue weighted by Gasteiger charge is 2.07. The summed E-state index contributed by atoms with van der Waals surface area (Å²) in [5.41, 5.74) is 0.610. The van der Waals surface area contributed by atoms with E-state index in [0.29, 0.717) is 16.0 Å². The molecule has 0 saturated heterocycles. The minimum atomic E-state index is -0.241. The molecule has 0 bridgehead atoms. The van der Waals surface area contributed by atoms with E-state index in [4.69, 9.17) is 0 Å². The molecular weight excluding hydrogens is 296 g/mol. The van der Waals surface area contributed by atoms with Gasteiger partial charge in [0.2, 0.25) is 5.91 Å². The van der Waals surface area contributed by atoms with E-state index in [1.54, 1.807) is 6.20 Å². The van der Waals surface area contributed by atoms with E-state index in [1.165, 1.54) is 36.1 Å². The first-order valence-corrected chi connectivity index (χ1v) is 7.87.